The van der Waals surface area contributed by atoms with Gasteiger partial charge in [0, 0.05) is 5.02 Å². The second-order valence-corrected chi connectivity index (χ2v) is 10.4. The SMILES string of the molecule is CCOC(=O)NC(C)(CCCc1ccc(S(=O)(=O)c2cccc(C(F)(F)F)c2)cc1Cl)C(=O)OCC. The molecule has 1 N–H and O–H groups in total. The van der Waals surface area contributed by atoms with Gasteiger partial charge in [0.2, 0.25) is 9.84 Å². The van der Waals surface area contributed by atoms with Crippen molar-refractivity contribution in [2.24, 2.45) is 0 Å². The highest BCUT2D eigenvalue weighted by atomic mass is 35.5. The van der Waals surface area contributed by atoms with Crippen molar-refractivity contribution in [1.29, 1.82) is 0 Å². The predicted molar refractivity (Wildman–Crippen MR) is 126 cm³/mol. The lowest BCUT2D eigenvalue weighted by molar-refractivity contribution is -0.150. The molecule has 2 aromatic carbocycles. The minimum Gasteiger partial charge on any atom is -0.464 e. The van der Waals surface area contributed by atoms with E-state index in [1.54, 1.807) is 13.8 Å². The average Bonchev–Trinajstić information content (AvgIpc) is 2.79. The molecule has 7 nitrogen and oxygen atoms in total. The van der Waals surface area contributed by atoms with Crippen molar-refractivity contribution in [1.82, 2.24) is 5.32 Å². The molecule has 0 saturated carbocycles. The average molecular weight is 550 g/mol. The number of carbonyl (C=O) groups is 2. The number of aryl methyl sites for hydroxylation is 1. The minimum atomic E-state index is -4.69. The Morgan fingerprint density at radius 3 is 2.22 bits per heavy atom. The molecule has 198 valence electrons. The fraction of sp³-hybridized carbons (Fsp3) is 0.417. The first-order valence-electron chi connectivity index (χ1n) is 11.1. The van der Waals surface area contributed by atoms with E-state index in [-0.39, 0.29) is 29.6 Å². The predicted octanol–water partition coefficient (Wildman–Crippen LogP) is 5.58. The van der Waals surface area contributed by atoms with Crippen LogP contribution in [0.4, 0.5) is 18.0 Å². The number of nitrogens with one attached hydrogen (secondary N) is 1. The Balaban J connectivity index is 2.19. The molecule has 0 aromatic heterocycles. The number of amides is 1. The Kier molecular flexibility index (Phi) is 9.78. The normalized spacial score (nSPS) is 13.5. The zero-order valence-electron chi connectivity index (χ0n) is 19.9. The summed E-state index contributed by atoms with van der Waals surface area (Å²) in [6, 6.07) is 7.37. The van der Waals surface area contributed by atoms with Crippen molar-refractivity contribution < 1.29 is 40.7 Å². The number of alkyl carbamates (subject to hydrolysis) is 1. The molecule has 0 saturated heterocycles. The molecule has 0 radical (unpaired) electrons. The molecule has 1 unspecified atom stereocenters. The van der Waals surface area contributed by atoms with Crippen molar-refractivity contribution in [2.45, 2.75) is 61.5 Å². The summed E-state index contributed by atoms with van der Waals surface area (Å²) in [6.07, 6.45) is -4.60. The number of sulfone groups is 1. The lowest BCUT2D eigenvalue weighted by Crippen LogP contribution is -2.53. The van der Waals surface area contributed by atoms with Gasteiger partial charge in [0.15, 0.2) is 0 Å². The van der Waals surface area contributed by atoms with E-state index >= 15 is 0 Å². The third-order valence-corrected chi connectivity index (χ3v) is 7.41. The maximum atomic E-state index is 13.0. The molecular formula is C24H27ClF3NO6S. The van der Waals surface area contributed by atoms with Crippen LogP contribution in [0, 0.1) is 0 Å². The van der Waals surface area contributed by atoms with E-state index in [2.05, 4.69) is 5.32 Å². The van der Waals surface area contributed by atoms with E-state index < -0.39 is 44.1 Å². The Labute approximate surface area is 212 Å². The van der Waals surface area contributed by atoms with Crippen LogP contribution in [-0.2, 0) is 36.7 Å². The van der Waals surface area contributed by atoms with Gasteiger partial charge >= 0.3 is 18.2 Å². The molecular weight excluding hydrogens is 523 g/mol. The highest BCUT2D eigenvalue weighted by Crippen LogP contribution is 2.33. The van der Waals surface area contributed by atoms with E-state index in [1.165, 1.54) is 25.1 Å². The zero-order valence-corrected chi connectivity index (χ0v) is 21.5. The Hall–Kier alpha value is -2.79. The molecule has 0 bridgehead atoms. The van der Waals surface area contributed by atoms with Crippen LogP contribution in [0.25, 0.3) is 0 Å². The van der Waals surface area contributed by atoms with Crippen LogP contribution < -0.4 is 5.32 Å². The Morgan fingerprint density at radius 1 is 1.00 bits per heavy atom. The summed E-state index contributed by atoms with van der Waals surface area (Å²) >= 11 is 6.29. The molecule has 2 rings (SSSR count). The number of alkyl halides is 3. The fourth-order valence-corrected chi connectivity index (χ4v) is 5.08. The molecule has 2 aromatic rings. The lowest BCUT2D eigenvalue weighted by Gasteiger charge is -2.28. The van der Waals surface area contributed by atoms with Gasteiger partial charge in [0.1, 0.15) is 5.54 Å². The quantitative estimate of drug-likeness (QED) is 0.388. The number of ether oxygens (including phenoxy) is 2. The van der Waals surface area contributed by atoms with Crippen molar-refractivity contribution in [2.75, 3.05) is 13.2 Å². The highest BCUT2D eigenvalue weighted by molar-refractivity contribution is 7.91. The van der Waals surface area contributed by atoms with Crippen LogP contribution >= 0.6 is 11.6 Å². The first-order chi connectivity index (χ1) is 16.7. The smallest absolute Gasteiger partial charge is 0.416 e. The van der Waals surface area contributed by atoms with Gasteiger partial charge in [-0.05, 0) is 75.9 Å². The summed E-state index contributed by atoms with van der Waals surface area (Å²) < 4.78 is 74.7. The van der Waals surface area contributed by atoms with Gasteiger partial charge in [-0.1, -0.05) is 23.7 Å². The minimum absolute atomic E-state index is 0.0965. The Bertz CT molecular complexity index is 1200. The van der Waals surface area contributed by atoms with Crippen LogP contribution in [0.5, 0.6) is 0 Å². The maximum absolute atomic E-state index is 13.0. The van der Waals surface area contributed by atoms with Crippen molar-refractivity contribution in [3.05, 3.63) is 58.6 Å². The third-order valence-electron chi connectivity index (χ3n) is 5.31. The maximum Gasteiger partial charge on any atom is 0.416 e. The van der Waals surface area contributed by atoms with Gasteiger partial charge in [-0.25, -0.2) is 18.0 Å². The first-order valence-corrected chi connectivity index (χ1v) is 12.9. The molecule has 0 spiro atoms. The van der Waals surface area contributed by atoms with E-state index in [0.717, 1.165) is 18.2 Å². The molecule has 0 aliphatic rings. The molecule has 0 aliphatic carbocycles. The molecule has 0 heterocycles. The number of hydrogen-bond donors (Lipinski definition) is 1. The van der Waals surface area contributed by atoms with Gasteiger partial charge in [-0.15, -0.1) is 0 Å². The van der Waals surface area contributed by atoms with Gasteiger partial charge in [-0.3, -0.25) is 0 Å². The molecule has 0 aliphatic heterocycles. The molecule has 1 atom stereocenters. The number of benzene rings is 2. The summed E-state index contributed by atoms with van der Waals surface area (Å²) in [7, 11) is -4.25. The molecule has 1 amide bonds. The standard InChI is InChI=1S/C24H27ClF3NO6S/c1-4-34-21(30)23(3,29-22(31)35-5-2)13-7-8-16-11-12-19(15-20(16)25)36(32,33)18-10-6-9-17(14-18)24(26,27)28/h6,9-12,14-15H,4-5,7-8,13H2,1-3H3,(H,29,31). The monoisotopic (exact) mass is 549 g/mol. The largest absolute Gasteiger partial charge is 0.464 e. The molecule has 0 fully saturated rings. The van der Waals surface area contributed by atoms with E-state index in [9.17, 15) is 31.2 Å². The summed E-state index contributed by atoms with van der Waals surface area (Å²) in [5.41, 5.74) is -1.88. The first kappa shape index (κ1) is 29.4. The number of halogens is 4. The summed E-state index contributed by atoms with van der Waals surface area (Å²) in [5, 5.41) is 2.61. The zero-order chi connectivity index (χ0) is 27.1. The lowest BCUT2D eigenvalue weighted by atomic mass is 9.93. The number of hydrogen-bond acceptors (Lipinski definition) is 6. The van der Waals surface area contributed by atoms with E-state index in [0.29, 0.717) is 24.5 Å². The second kappa shape index (κ2) is 12.0. The van der Waals surface area contributed by atoms with Gasteiger partial charge < -0.3 is 14.8 Å². The van der Waals surface area contributed by atoms with Crippen LogP contribution in [0.1, 0.15) is 44.7 Å². The number of carbonyl (C=O) groups excluding carboxylic acids is 2. The van der Waals surface area contributed by atoms with Crippen LogP contribution in [0.15, 0.2) is 52.3 Å². The van der Waals surface area contributed by atoms with Gasteiger partial charge in [0.25, 0.3) is 0 Å². The van der Waals surface area contributed by atoms with Crippen molar-refractivity contribution in [3.63, 3.8) is 0 Å². The van der Waals surface area contributed by atoms with E-state index in [4.69, 9.17) is 21.1 Å². The topological polar surface area (TPSA) is 98.8 Å². The van der Waals surface area contributed by atoms with Gasteiger partial charge in [0.05, 0.1) is 28.6 Å². The van der Waals surface area contributed by atoms with Crippen LogP contribution in [0.3, 0.4) is 0 Å². The second-order valence-electron chi connectivity index (χ2n) is 8.03. The van der Waals surface area contributed by atoms with Crippen molar-refractivity contribution in [3.8, 4) is 0 Å². The fourth-order valence-electron chi connectivity index (χ4n) is 3.40. The number of rotatable bonds is 10. The summed E-state index contributed by atoms with van der Waals surface area (Å²) in [5.74, 6) is -0.633. The number of esters is 1. The van der Waals surface area contributed by atoms with E-state index in [1.807, 2.05) is 0 Å². The summed E-state index contributed by atoms with van der Waals surface area (Å²) in [6.45, 7) is 5.01. The summed E-state index contributed by atoms with van der Waals surface area (Å²) in [4.78, 5) is 23.6. The van der Waals surface area contributed by atoms with Gasteiger partial charge in [-0.2, -0.15) is 13.2 Å². The Morgan fingerprint density at radius 2 is 1.64 bits per heavy atom. The van der Waals surface area contributed by atoms with Crippen molar-refractivity contribution >= 4 is 33.5 Å². The van der Waals surface area contributed by atoms with Crippen LogP contribution in [0.2, 0.25) is 5.02 Å². The highest BCUT2D eigenvalue weighted by Gasteiger charge is 2.36. The molecule has 12 heteroatoms. The molecule has 36 heavy (non-hydrogen) atoms. The van der Waals surface area contributed by atoms with Crippen LogP contribution in [-0.4, -0.2) is 39.2 Å². The third kappa shape index (κ3) is 7.36.